The molecule has 0 spiro atoms. The summed E-state index contributed by atoms with van der Waals surface area (Å²) in [7, 11) is 1.62. The van der Waals surface area contributed by atoms with Gasteiger partial charge in [-0.05, 0) is 24.6 Å². The molecule has 0 bridgehead atoms. The lowest BCUT2D eigenvalue weighted by molar-refractivity contribution is 0.251. The third-order valence-electron chi connectivity index (χ3n) is 3.03. The highest BCUT2D eigenvalue weighted by atomic mass is 16.5. The van der Waals surface area contributed by atoms with E-state index in [2.05, 4.69) is 10.6 Å². The van der Waals surface area contributed by atoms with Gasteiger partial charge in [0.05, 0.1) is 7.11 Å². The number of benzene rings is 2. The molecule has 2 rings (SSSR count). The summed E-state index contributed by atoms with van der Waals surface area (Å²) in [6.45, 7) is 2.37. The summed E-state index contributed by atoms with van der Waals surface area (Å²) in [4.78, 5) is 11.9. The zero-order valence-electron chi connectivity index (χ0n) is 11.6. The third kappa shape index (κ3) is 3.51. The molecular weight excluding hydrogens is 252 g/mol. The Morgan fingerprint density at radius 2 is 1.80 bits per heavy atom. The van der Waals surface area contributed by atoms with Crippen LogP contribution in [0.15, 0.2) is 48.5 Å². The van der Waals surface area contributed by atoms with Gasteiger partial charge in [-0.3, -0.25) is 0 Å². The molecule has 0 unspecified atom stereocenters. The van der Waals surface area contributed by atoms with Crippen molar-refractivity contribution in [2.75, 3.05) is 12.4 Å². The van der Waals surface area contributed by atoms with E-state index in [-0.39, 0.29) is 6.03 Å². The lowest BCUT2D eigenvalue weighted by atomic mass is 10.2. The standard InChI is InChI=1S/C16H18N2O2/c1-12-7-3-5-9-14(12)18-16(19)17-11-13-8-4-6-10-15(13)20-2/h3-10H,11H2,1-2H3,(H2,17,18,19). The fraction of sp³-hybridized carbons (Fsp3) is 0.188. The number of methoxy groups -OCH3 is 1. The van der Waals surface area contributed by atoms with Gasteiger partial charge in [0.15, 0.2) is 0 Å². The van der Waals surface area contributed by atoms with Crippen LogP contribution in [0.1, 0.15) is 11.1 Å². The second kappa shape index (κ2) is 6.61. The maximum absolute atomic E-state index is 11.9. The van der Waals surface area contributed by atoms with Crippen LogP contribution in [0.2, 0.25) is 0 Å². The average molecular weight is 270 g/mol. The number of hydrogen-bond acceptors (Lipinski definition) is 2. The molecule has 0 aromatic heterocycles. The van der Waals surface area contributed by atoms with E-state index >= 15 is 0 Å². The molecule has 0 heterocycles. The Bertz CT molecular complexity index is 597. The first-order valence-corrected chi connectivity index (χ1v) is 6.43. The molecule has 0 radical (unpaired) electrons. The number of urea groups is 1. The van der Waals surface area contributed by atoms with Gasteiger partial charge in [0.25, 0.3) is 0 Å². The summed E-state index contributed by atoms with van der Waals surface area (Å²) < 4.78 is 5.24. The predicted molar refractivity (Wildman–Crippen MR) is 80.0 cm³/mol. The van der Waals surface area contributed by atoms with Crippen molar-refractivity contribution in [3.63, 3.8) is 0 Å². The van der Waals surface area contributed by atoms with Gasteiger partial charge in [0.2, 0.25) is 0 Å². The van der Waals surface area contributed by atoms with Crippen molar-refractivity contribution < 1.29 is 9.53 Å². The Balaban J connectivity index is 1.94. The Labute approximate surface area is 118 Å². The molecule has 4 heteroatoms. The smallest absolute Gasteiger partial charge is 0.319 e. The minimum absolute atomic E-state index is 0.231. The first-order chi connectivity index (χ1) is 9.70. The van der Waals surface area contributed by atoms with E-state index in [1.165, 1.54) is 0 Å². The van der Waals surface area contributed by atoms with Gasteiger partial charge in [-0.25, -0.2) is 4.79 Å². The van der Waals surface area contributed by atoms with E-state index in [0.717, 1.165) is 22.6 Å². The number of carbonyl (C=O) groups excluding carboxylic acids is 1. The SMILES string of the molecule is COc1ccccc1CNC(=O)Nc1ccccc1C. The van der Waals surface area contributed by atoms with Crippen LogP contribution in [-0.4, -0.2) is 13.1 Å². The fourth-order valence-electron chi connectivity index (χ4n) is 1.90. The monoisotopic (exact) mass is 270 g/mol. The van der Waals surface area contributed by atoms with Gasteiger partial charge in [0.1, 0.15) is 5.75 Å². The summed E-state index contributed by atoms with van der Waals surface area (Å²) in [6, 6.07) is 15.0. The number of para-hydroxylation sites is 2. The van der Waals surface area contributed by atoms with Gasteiger partial charge in [-0.1, -0.05) is 36.4 Å². The number of carbonyl (C=O) groups is 1. The van der Waals surface area contributed by atoms with Gasteiger partial charge >= 0.3 is 6.03 Å². The highest BCUT2D eigenvalue weighted by molar-refractivity contribution is 5.90. The highest BCUT2D eigenvalue weighted by Gasteiger charge is 2.06. The van der Waals surface area contributed by atoms with Crippen molar-refractivity contribution in [2.45, 2.75) is 13.5 Å². The Kier molecular flexibility index (Phi) is 4.60. The summed E-state index contributed by atoms with van der Waals surface area (Å²) in [5.41, 5.74) is 2.78. The lowest BCUT2D eigenvalue weighted by Crippen LogP contribution is -2.28. The van der Waals surface area contributed by atoms with Crippen LogP contribution in [-0.2, 0) is 6.54 Å². The molecular formula is C16H18N2O2. The van der Waals surface area contributed by atoms with E-state index in [1.54, 1.807) is 7.11 Å². The van der Waals surface area contributed by atoms with Crippen molar-refractivity contribution in [1.82, 2.24) is 5.32 Å². The highest BCUT2D eigenvalue weighted by Crippen LogP contribution is 2.17. The lowest BCUT2D eigenvalue weighted by Gasteiger charge is -2.11. The Morgan fingerprint density at radius 3 is 2.55 bits per heavy atom. The number of rotatable bonds is 4. The predicted octanol–water partition coefficient (Wildman–Crippen LogP) is 3.33. The summed E-state index contributed by atoms with van der Waals surface area (Å²) >= 11 is 0. The van der Waals surface area contributed by atoms with E-state index in [4.69, 9.17) is 4.74 Å². The molecule has 104 valence electrons. The zero-order valence-corrected chi connectivity index (χ0v) is 11.6. The molecule has 0 aliphatic rings. The number of hydrogen-bond donors (Lipinski definition) is 2. The molecule has 0 fully saturated rings. The van der Waals surface area contributed by atoms with Gasteiger partial charge in [-0.15, -0.1) is 0 Å². The van der Waals surface area contributed by atoms with Crippen molar-refractivity contribution in [2.24, 2.45) is 0 Å². The Morgan fingerprint density at radius 1 is 1.10 bits per heavy atom. The molecule has 2 aromatic carbocycles. The van der Waals surface area contributed by atoms with Crippen LogP contribution < -0.4 is 15.4 Å². The molecule has 0 aliphatic heterocycles. The molecule has 2 amide bonds. The van der Waals surface area contributed by atoms with Crippen LogP contribution >= 0.6 is 0 Å². The van der Waals surface area contributed by atoms with E-state index in [1.807, 2.05) is 55.5 Å². The number of nitrogens with one attached hydrogen (secondary N) is 2. The van der Waals surface area contributed by atoms with E-state index < -0.39 is 0 Å². The van der Waals surface area contributed by atoms with Crippen molar-refractivity contribution in [3.05, 3.63) is 59.7 Å². The minimum atomic E-state index is -0.231. The van der Waals surface area contributed by atoms with Crippen LogP contribution in [0.4, 0.5) is 10.5 Å². The maximum Gasteiger partial charge on any atom is 0.319 e. The summed E-state index contributed by atoms with van der Waals surface area (Å²) in [6.07, 6.45) is 0. The van der Waals surface area contributed by atoms with E-state index in [9.17, 15) is 4.79 Å². The van der Waals surface area contributed by atoms with Crippen molar-refractivity contribution >= 4 is 11.7 Å². The molecule has 0 atom stereocenters. The van der Waals surface area contributed by atoms with E-state index in [0.29, 0.717) is 6.54 Å². The van der Waals surface area contributed by atoms with Gasteiger partial charge in [-0.2, -0.15) is 0 Å². The molecule has 4 nitrogen and oxygen atoms in total. The molecule has 2 aromatic rings. The normalized spacial score (nSPS) is 9.90. The molecule has 0 aliphatic carbocycles. The topological polar surface area (TPSA) is 50.4 Å². The van der Waals surface area contributed by atoms with Crippen LogP contribution in [0.5, 0.6) is 5.75 Å². The Hall–Kier alpha value is -2.49. The van der Waals surface area contributed by atoms with Crippen molar-refractivity contribution in [1.29, 1.82) is 0 Å². The molecule has 20 heavy (non-hydrogen) atoms. The van der Waals surface area contributed by atoms with Crippen LogP contribution in [0, 0.1) is 6.92 Å². The number of ether oxygens (including phenoxy) is 1. The molecule has 0 saturated heterocycles. The number of aryl methyl sites for hydroxylation is 1. The van der Waals surface area contributed by atoms with Gasteiger partial charge < -0.3 is 15.4 Å². The third-order valence-corrected chi connectivity index (χ3v) is 3.03. The molecule has 2 N–H and O–H groups in total. The van der Waals surface area contributed by atoms with Crippen LogP contribution in [0.25, 0.3) is 0 Å². The zero-order chi connectivity index (χ0) is 14.4. The second-order valence-electron chi connectivity index (χ2n) is 4.43. The first-order valence-electron chi connectivity index (χ1n) is 6.43. The molecule has 0 saturated carbocycles. The van der Waals surface area contributed by atoms with Gasteiger partial charge in [0, 0.05) is 17.8 Å². The maximum atomic E-state index is 11.9. The first kappa shape index (κ1) is 13.9. The largest absolute Gasteiger partial charge is 0.496 e. The number of anilines is 1. The number of amides is 2. The summed E-state index contributed by atoms with van der Waals surface area (Å²) in [5, 5.41) is 5.65. The quantitative estimate of drug-likeness (QED) is 0.895. The van der Waals surface area contributed by atoms with Crippen molar-refractivity contribution in [3.8, 4) is 5.75 Å². The minimum Gasteiger partial charge on any atom is -0.496 e. The fourth-order valence-corrected chi connectivity index (χ4v) is 1.90. The second-order valence-corrected chi connectivity index (χ2v) is 4.43. The van der Waals surface area contributed by atoms with Crippen LogP contribution in [0.3, 0.4) is 0 Å². The average Bonchev–Trinajstić information content (AvgIpc) is 2.48. The summed E-state index contributed by atoms with van der Waals surface area (Å²) in [5.74, 6) is 0.767.